The number of carbonyl (C=O) groups excluding carboxylic acids is 2. The highest BCUT2D eigenvalue weighted by atomic mass is 16.6. The van der Waals surface area contributed by atoms with Gasteiger partial charge in [0.25, 0.3) is 0 Å². The van der Waals surface area contributed by atoms with Gasteiger partial charge in [-0.1, -0.05) is 40.0 Å². The zero-order valence-corrected chi connectivity index (χ0v) is 21.0. The predicted octanol–water partition coefficient (Wildman–Crippen LogP) is 1.81. The van der Waals surface area contributed by atoms with Crippen LogP contribution in [-0.2, 0) is 14.3 Å². The van der Waals surface area contributed by atoms with Crippen LogP contribution in [0.25, 0.3) is 0 Å². The minimum absolute atomic E-state index is 0.118. The average molecular weight is 473 g/mol. The Morgan fingerprint density at radius 3 is 2.39 bits per heavy atom. The highest BCUT2D eigenvalue weighted by Crippen LogP contribution is 2.30. The van der Waals surface area contributed by atoms with Crippen LogP contribution in [-0.4, -0.2) is 87.5 Å². The van der Waals surface area contributed by atoms with Crippen LogP contribution in [0.5, 0.6) is 0 Å². The SMILES string of the molecule is CCCCCC1CC(C(=O)NC(C(C)C)C2OCC(O)C(O)C2O)N(C(=O)OC(C)(C)C)C1. The quantitative estimate of drug-likeness (QED) is 0.397. The molecule has 0 aromatic rings. The Bertz CT molecular complexity index is 651. The first-order valence-electron chi connectivity index (χ1n) is 12.3. The molecule has 0 aliphatic carbocycles. The van der Waals surface area contributed by atoms with E-state index in [9.17, 15) is 24.9 Å². The standard InChI is InChI=1S/C24H44N2O7/c1-7-8-9-10-15-11-16(26(12-15)23(31)33-24(4,5)6)22(30)25-18(14(2)3)21-20(29)19(28)17(27)13-32-21/h14-21,27-29H,7-13H2,1-6H3,(H,25,30). The Kier molecular flexibility index (Phi) is 9.96. The Hall–Kier alpha value is -1.42. The summed E-state index contributed by atoms with van der Waals surface area (Å²) < 4.78 is 11.2. The third-order valence-electron chi connectivity index (χ3n) is 6.46. The van der Waals surface area contributed by atoms with Gasteiger partial charge in [-0.2, -0.15) is 0 Å². The number of amides is 2. The molecule has 2 aliphatic heterocycles. The molecular weight excluding hydrogens is 428 g/mol. The molecule has 7 unspecified atom stereocenters. The van der Waals surface area contributed by atoms with Crippen LogP contribution in [0.2, 0.25) is 0 Å². The van der Waals surface area contributed by atoms with E-state index < -0.39 is 48.2 Å². The first-order valence-corrected chi connectivity index (χ1v) is 12.3. The lowest BCUT2D eigenvalue weighted by atomic mass is 9.88. The number of aliphatic hydroxyl groups excluding tert-OH is 3. The minimum atomic E-state index is -1.35. The van der Waals surface area contributed by atoms with E-state index in [1.807, 2.05) is 13.8 Å². The molecule has 7 atom stereocenters. The summed E-state index contributed by atoms with van der Waals surface area (Å²) in [5.41, 5.74) is -0.671. The zero-order valence-electron chi connectivity index (χ0n) is 21.0. The summed E-state index contributed by atoms with van der Waals surface area (Å²) in [5, 5.41) is 33.3. The second-order valence-electron chi connectivity index (χ2n) is 10.9. The summed E-state index contributed by atoms with van der Waals surface area (Å²) in [5.74, 6) is -0.229. The molecule has 0 bridgehead atoms. The molecule has 2 heterocycles. The summed E-state index contributed by atoms with van der Waals surface area (Å²) in [6.07, 6.45) is -0.488. The largest absolute Gasteiger partial charge is 0.444 e. The van der Waals surface area contributed by atoms with Crippen molar-refractivity contribution in [3.8, 4) is 0 Å². The second-order valence-corrected chi connectivity index (χ2v) is 10.9. The van der Waals surface area contributed by atoms with Gasteiger partial charge in [-0.3, -0.25) is 9.69 Å². The number of nitrogens with one attached hydrogen (secondary N) is 1. The van der Waals surface area contributed by atoms with Gasteiger partial charge in [-0.25, -0.2) is 4.79 Å². The van der Waals surface area contributed by atoms with Crippen LogP contribution in [0.3, 0.4) is 0 Å². The van der Waals surface area contributed by atoms with Gasteiger partial charge in [0.2, 0.25) is 5.91 Å². The van der Waals surface area contributed by atoms with Crippen molar-refractivity contribution in [2.75, 3.05) is 13.2 Å². The molecule has 9 heteroatoms. The molecule has 192 valence electrons. The smallest absolute Gasteiger partial charge is 0.410 e. The van der Waals surface area contributed by atoms with Crippen LogP contribution in [0, 0.1) is 11.8 Å². The topological polar surface area (TPSA) is 129 Å². The number of likely N-dealkylation sites (tertiary alicyclic amines) is 1. The number of aliphatic hydroxyl groups is 3. The van der Waals surface area contributed by atoms with Crippen molar-refractivity contribution in [3.63, 3.8) is 0 Å². The maximum atomic E-state index is 13.4. The Labute approximate surface area is 197 Å². The number of rotatable bonds is 8. The fourth-order valence-corrected chi connectivity index (χ4v) is 4.62. The van der Waals surface area contributed by atoms with Crippen molar-refractivity contribution in [2.45, 2.75) is 116 Å². The monoisotopic (exact) mass is 472 g/mol. The fraction of sp³-hybridized carbons (Fsp3) is 0.917. The number of hydrogen-bond acceptors (Lipinski definition) is 7. The molecule has 0 aromatic carbocycles. The van der Waals surface area contributed by atoms with Gasteiger partial charge < -0.3 is 30.1 Å². The van der Waals surface area contributed by atoms with Crippen molar-refractivity contribution in [1.82, 2.24) is 10.2 Å². The lowest BCUT2D eigenvalue weighted by Gasteiger charge is -2.41. The first-order chi connectivity index (χ1) is 15.4. The molecular formula is C24H44N2O7. The minimum Gasteiger partial charge on any atom is -0.444 e. The van der Waals surface area contributed by atoms with E-state index in [2.05, 4.69) is 12.2 Å². The summed E-state index contributed by atoms with van der Waals surface area (Å²) >= 11 is 0. The van der Waals surface area contributed by atoms with Crippen LogP contribution < -0.4 is 5.32 Å². The van der Waals surface area contributed by atoms with Crippen molar-refractivity contribution < 1.29 is 34.4 Å². The van der Waals surface area contributed by atoms with Crippen molar-refractivity contribution >= 4 is 12.0 Å². The zero-order chi connectivity index (χ0) is 24.9. The highest BCUT2D eigenvalue weighted by Gasteiger charge is 2.46. The van der Waals surface area contributed by atoms with Gasteiger partial charge in [0.05, 0.1) is 12.6 Å². The number of ether oxygens (including phenoxy) is 2. The average Bonchev–Trinajstić information content (AvgIpc) is 3.14. The maximum Gasteiger partial charge on any atom is 0.410 e. The lowest BCUT2D eigenvalue weighted by Crippen LogP contribution is -2.63. The van der Waals surface area contributed by atoms with E-state index in [1.165, 1.54) is 4.90 Å². The lowest BCUT2D eigenvalue weighted by molar-refractivity contribution is -0.197. The van der Waals surface area contributed by atoms with E-state index >= 15 is 0 Å². The maximum absolute atomic E-state index is 13.4. The van der Waals surface area contributed by atoms with Crippen LogP contribution in [0.4, 0.5) is 4.79 Å². The normalized spacial score (nSPS) is 31.5. The molecule has 0 saturated carbocycles. The van der Waals surface area contributed by atoms with E-state index in [0.29, 0.717) is 13.0 Å². The molecule has 9 nitrogen and oxygen atoms in total. The molecule has 0 spiro atoms. The summed E-state index contributed by atoms with van der Waals surface area (Å²) in [6, 6.07) is -1.28. The van der Waals surface area contributed by atoms with E-state index in [0.717, 1.165) is 25.7 Å². The predicted molar refractivity (Wildman–Crippen MR) is 124 cm³/mol. The van der Waals surface area contributed by atoms with Crippen molar-refractivity contribution in [3.05, 3.63) is 0 Å². The van der Waals surface area contributed by atoms with Crippen LogP contribution >= 0.6 is 0 Å². The third kappa shape index (κ3) is 7.53. The Morgan fingerprint density at radius 2 is 1.82 bits per heavy atom. The van der Waals surface area contributed by atoms with Gasteiger partial charge in [0, 0.05) is 6.54 Å². The molecule has 33 heavy (non-hydrogen) atoms. The molecule has 2 amide bonds. The summed E-state index contributed by atoms with van der Waals surface area (Å²) in [7, 11) is 0. The molecule has 0 aromatic heterocycles. The highest BCUT2D eigenvalue weighted by molar-refractivity contribution is 5.86. The van der Waals surface area contributed by atoms with Gasteiger partial charge in [-0.15, -0.1) is 0 Å². The van der Waals surface area contributed by atoms with Crippen molar-refractivity contribution in [1.29, 1.82) is 0 Å². The second kappa shape index (κ2) is 11.8. The number of hydrogen-bond donors (Lipinski definition) is 4. The van der Waals surface area contributed by atoms with Gasteiger partial charge >= 0.3 is 6.09 Å². The number of nitrogens with zero attached hydrogens (tertiary/aromatic N) is 1. The molecule has 0 radical (unpaired) electrons. The molecule has 2 aliphatic rings. The third-order valence-corrected chi connectivity index (χ3v) is 6.46. The van der Waals surface area contributed by atoms with Gasteiger partial charge in [-0.05, 0) is 45.4 Å². The molecule has 2 fully saturated rings. The number of unbranched alkanes of at least 4 members (excludes halogenated alkanes) is 2. The van der Waals surface area contributed by atoms with E-state index in [-0.39, 0.29) is 24.3 Å². The van der Waals surface area contributed by atoms with Gasteiger partial charge in [0.15, 0.2) is 0 Å². The fourth-order valence-electron chi connectivity index (χ4n) is 4.62. The van der Waals surface area contributed by atoms with E-state index in [4.69, 9.17) is 9.47 Å². The van der Waals surface area contributed by atoms with Gasteiger partial charge in [0.1, 0.15) is 36.1 Å². The molecule has 4 N–H and O–H groups in total. The Morgan fingerprint density at radius 1 is 1.15 bits per heavy atom. The molecule has 2 rings (SSSR count). The first kappa shape index (κ1) is 27.8. The molecule has 2 saturated heterocycles. The van der Waals surface area contributed by atoms with Crippen molar-refractivity contribution in [2.24, 2.45) is 11.8 Å². The summed E-state index contributed by atoms with van der Waals surface area (Å²) in [6.45, 7) is 11.6. The van der Waals surface area contributed by atoms with Crippen LogP contribution in [0.15, 0.2) is 0 Å². The summed E-state index contributed by atoms with van der Waals surface area (Å²) in [4.78, 5) is 27.8. The number of carbonyl (C=O) groups is 2. The Balaban J connectivity index is 2.16. The van der Waals surface area contributed by atoms with Crippen LogP contribution in [0.1, 0.15) is 73.6 Å². The van der Waals surface area contributed by atoms with E-state index in [1.54, 1.807) is 20.8 Å².